The van der Waals surface area contributed by atoms with Gasteiger partial charge in [0.15, 0.2) is 0 Å². The molecule has 1 atom stereocenters. The van der Waals surface area contributed by atoms with Gasteiger partial charge in [0, 0.05) is 13.1 Å². The lowest BCUT2D eigenvalue weighted by atomic mass is 9.93. The summed E-state index contributed by atoms with van der Waals surface area (Å²) >= 11 is 0. The molecule has 0 aromatic carbocycles. The molecule has 0 amide bonds. The number of nitrogens with zero attached hydrogens (tertiary/aromatic N) is 1. The van der Waals surface area contributed by atoms with Gasteiger partial charge in [0.1, 0.15) is 0 Å². The minimum absolute atomic E-state index is 0.126. The van der Waals surface area contributed by atoms with Gasteiger partial charge in [-0.1, -0.05) is 20.8 Å². The van der Waals surface area contributed by atoms with E-state index in [9.17, 15) is 5.11 Å². The fraction of sp³-hybridized carbons (Fsp3) is 1.00. The lowest BCUT2D eigenvalue weighted by molar-refractivity contribution is 0.117. The van der Waals surface area contributed by atoms with Crippen LogP contribution in [-0.2, 0) is 0 Å². The largest absolute Gasteiger partial charge is 0.392 e. The number of aliphatic hydroxyl groups excluding tert-OH is 1. The molecule has 1 unspecified atom stereocenters. The van der Waals surface area contributed by atoms with Crippen molar-refractivity contribution >= 4 is 0 Å². The van der Waals surface area contributed by atoms with Gasteiger partial charge in [-0.3, -0.25) is 0 Å². The molecule has 72 valence electrons. The molecular formula is C10H21NO. The number of rotatable bonds is 3. The summed E-state index contributed by atoms with van der Waals surface area (Å²) in [4.78, 5) is 2.37. The summed E-state index contributed by atoms with van der Waals surface area (Å²) in [6.45, 7) is 9.79. The molecule has 0 aliphatic carbocycles. The van der Waals surface area contributed by atoms with E-state index in [1.807, 2.05) is 6.92 Å². The van der Waals surface area contributed by atoms with Crippen LogP contribution in [0.2, 0.25) is 0 Å². The Morgan fingerprint density at radius 2 is 2.17 bits per heavy atom. The van der Waals surface area contributed by atoms with Crippen LogP contribution in [0.4, 0.5) is 0 Å². The van der Waals surface area contributed by atoms with Crippen molar-refractivity contribution in [2.45, 2.75) is 39.7 Å². The van der Waals surface area contributed by atoms with Crippen molar-refractivity contribution in [1.82, 2.24) is 4.90 Å². The molecule has 12 heavy (non-hydrogen) atoms. The van der Waals surface area contributed by atoms with Crippen molar-refractivity contribution in [3.05, 3.63) is 0 Å². The number of hydrogen-bond donors (Lipinski definition) is 1. The quantitative estimate of drug-likeness (QED) is 0.695. The molecular weight excluding hydrogens is 150 g/mol. The first-order valence-corrected chi connectivity index (χ1v) is 4.94. The van der Waals surface area contributed by atoms with E-state index < -0.39 is 0 Å². The van der Waals surface area contributed by atoms with E-state index >= 15 is 0 Å². The fourth-order valence-corrected chi connectivity index (χ4v) is 1.81. The highest BCUT2D eigenvalue weighted by atomic mass is 16.3. The predicted octanol–water partition coefficient (Wildman–Crippen LogP) is 1.49. The van der Waals surface area contributed by atoms with Crippen molar-refractivity contribution in [1.29, 1.82) is 0 Å². The molecule has 0 bridgehead atoms. The first kappa shape index (κ1) is 10.0. The van der Waals surface area contributed by atoms with E-state index in [4.69, 9.17) is 0 Å². The molecule has 0 spiro atoms. The Morgan fingerprint density at radius 3 is 2.58 bits per heavy atom. The van der Waals surface area contributed by atoms with Gasteiger partial charge in [0.25, 0.3) is 0 Å². The van der Waals surface area contributed by atoms with Crippen LogP contribution in [-0.4, -0.2) is 35.7 Å². The topological polar surface area (TPSA) is 23.5 Å². The minimum Gasteiger partial charge on any atom is -0.392 e. The van der Waals surface area contributed by atoms with Gasteiger partial charge in [-0.25, -0.2) is 0 Å². The van der Waals surface area contributed by atoms with Crippen LogP contribution in [0.3, 0.4) is 0 Å². The zero-order valence-electron chi connectivity index (χ0n) is 8.51. The maximum atomic E-state index is 9.45. The second kappa shape index (κ2) is 3.75. The van der Waals surface area contributed by atoms with Crippen molar-refractivity contribution in [2.75, 3.05) is 19.6 Å². The lowest BCUT2D eigenvalue weighted by Gasteiger charge is -2.21. The number of aliphatic hydroxyl groups is 1. The molecule has 1 heterocycles. The molecule has 1 saturated heterocycles. The third kappa shape index (κ3) is 2.76. The van der Waals surface area contributed by atoms with Gasteiger partial charge in [-0.2, -0.15) is 0 Å². The Hall–Kier alpha value is -0.0800. The van der Waals surface area contributed by atoms with Gasteiger partial charge >= 0.3 is 0 Å². The summed E-state index contributed by atoms with van der Waals surface area (Å²) in [5.41, 5.74) is 0.466. The zero-order chi connectivity index (χ0) is 9.19. The summed E-state index contributed by atoms with van der Waals surface area (Å²) in [5, 5.41) is 9.45. The smallest absolute Gasteiger partial charge is 0.0664 e. The van der Waals surface area contributed by atoms with Crippen LogP contribution >= 0.6 is 0 Å². The summed E-state index contributed by atoms with van der Waals surface area (Å²) in [7, 11) is 0. The molecule has 0 aromatic rings. The third-order valence-electron chi connectivity index (χ3n) is 2.70. The van der Waals surface area contributed by atoms with Gasteiger partial charge in [-0.05, 0) is 24.8 Å². The van der Waals surface area contributed by atoms with Gasteiger partial charge in [0.2, 0.25) is 0 Å². The maximum Gasteiger partial charge on any atom is 0.0664 e. The van der Waals surface area contributed by atoms with Gasteiger partial charge in [0.05, 0.1) is 6.10 Å². The molecule has 2 heteroatoms. The molecule has 1 rings (SSSR count). The van der Waals surface area contributed by atoms with Crippen LogP contribution in [0.5, 0.6) is 0 Å². The van der Waals surface area contributed by atoms with Crippen molar-refractivity contribution in [3.63, 3.8) is 0 Å². The third-order valence-corrected chi connectivity index (χ3v) is 2.70. The highest BCUT2D eigenvalue weighted by molar-refractivity contribution is 4.83. The molecule has 2 nitrogen and oxygen atoms in total. The first-order chi connectivity index (χ1) is 5.53. The van der Waals surface area contributed by atoms with E-state index in [1.54, 1.807) is 0 Å². The van der Waals surface area contributed by atoms with Crippen molar-refractivity contribution in [2.24, 2.45) is 5.41 Å². The van der Waals surface area contributed by atoms with Crippen LogP contribution in [0.1, 0.15) is 33.6 Å². The van der Waals surface area contributed by atoms with Crippen LogP contribution in [0.25, 0.3) is 0 Å². The molecule has 1 fully saturated rings. The van der Waals surface area contributed by atoms with Crippen LogP contribution in [0, 0.1) is 5.41 Å². The fourth-order valence-electron chi connectivity index (χ4n) is 1.81. The summed E-state index contributed by atoms with van der Waals surface area (Å²) in [5.74, 6) is 0. The standard InChI is InChI=1S/C10H21NO/c1-4-9(12)7-11-6-5-10(2,3)8-11/h9,12H,4-8H2,1-3H3. The summed E-state index contributed by atoms with van der Waals surface area (Å²) in [6.07, 6.45) is 2.01. The number of hydrogen-bond acceptors (Lipinski definition) is 2. The second-order valence-electron chi connectivity index (χ2n) is 4.71. The normalized spacial score (nSPS) is 26.0. The molecule has 1 N–H and O–H groups in total. The minimum atomic E-state index is -0.126. The van der Waals surface area contributed by atoms with Gasteiger partial charge < -0.3 is 10.0 Å². The Balaban J connectivity index is 2.28. The Morgan fingerprint density at radius 1 is 1.50 bits per heavy atom. The zero-order valence-corrected chi connectivity index (χ0v) is 8.51. The second-order valence-corrected chi connectivity index (χ2v) is 4.71. The average Bonchev–Trinajstić information content (AvgIpc) is 2.30. The van der Waals surface area contributed by atoms with E-state index in [1.165, 1.54) is 6.42 Å². The molecule has 0 saturated carbocycles. The molecule has 0 aromatic heterocycles. The monoisotopic (exact) mass is 171 g/mol. The number of β-amino-alcohol motifs (C(OH)–C–C–N with tert-alkyl or cyclic N) is 1. The maximum absolute atomic E-state index is 9.45. The lowest BCUT2D eigenvalue weighted by Crippen LogP contribution is -2.31. The SMILES string of the molecule is CCC(O)CN1CCC(C)(C)C1. The van der Waals surface area contributed by atoms with E-state index in [0.717, 1.165) is 26.1 Å². The van der Waals surface area contributed by atoms with Crippen LogP contribution < -0.4 is 0 Å². The van der Waals surface area contributed by atoms with Crippen molar-refractivity contribution < 1.29 is 5.11 Å². The van der Waals surface area contributed by atoms with Crippen molar-refractivity contribution in [3.8, 4) is 0 Å². The first-order valence-electron chi connectivity index (χ1n) is 4.94. The van der Waals surface area contributed by atoms with E-state index in [-0.39, 0.29) is 6.10 Å². The molecule has 1 aliphatic heterocycles. The summed E-state index contributed by atoms with van der Waals surface area (Å²) in [6, 6.07) is 0. The Labute approximate surface area is 75.6 Å². The molecule has 0 radical (unpaired) electrons. The number of likely N-dealkylation sites (tertiary alicyclic amines) is 1. The average molecular weight is 171 g/mol. The summed E-state index contributed by atoms with van der Waals surface area (Å²) < 4.78 is 0. The molecule has 1 aliphatic rings. The Kier molecular flexibility index (Phi) is 3.13. The van der Waals surface area contributed by atoms with E-state index in [2.05, 4.69) is 18.7 Å². The predicted molar refractivity (Wildman–Crippen MR) is 51.1 cm³/mol. The van der Waals surface area contributed by atoms with Gasteiger partial charge in [-0.15, -0.1) is 0 Å². The Bertz CT molecular complexity index is 145. The highest BCUT2D eigenvalue weighted by Gasteiger charge is 2.29. The highest BCUT2D eigenvalue weighted by Crippen LogP contribution is 2.28. The van der Waals surface area contributed by atoms with Crippen LogP contribution in [0.15, 0.2) is 0 Å². The van der Waals surface area contributed by atoms with E-state index in [0.29, 0.717) is 5.41 Å².